The largest absolute Gasteiger partial charge is 0.454 e. The van der Waals surface area contributed by atoms with Crippen LogP contribution >= 0.6 is 15.9 Å². The minimum Gasteiger partial charge on any atom is -0.454 e. The lowest BCUT2D eigenvalue weighted by Gasteiger charge is -2.14. The highest BCUT2D eigenvalue weighted by Crippen LogP contribution is 2.27. The molecule has 0 aliphatic heterocycles. The standard InChI is InChI=1S/C16H17BrFNO/c1-3-19-11(2)12-4-9-16(15(18)10-12)20-14-7-5-13(17)6-8-14/h4-11,19H,3H2,1-2H3. The topological polar surface area (TPSA) is 21.3 Å². The van der Waals surface area contributed by atoms with Gasteiger partial charge in [-0.25, -0.2) is 4.39 Å². The summed E-state index contributed by atoms with van der Waals surface area (Å²) in [7, 11) is 0. The van der Waals surface area contributed by atoms with Crippen LogP contribution in [-0.2, 0) is 0 Å². The van der Waals surface area contributed by atoms with Crippen LogP contribution in [0.4, 0.5) is 4.39 Å². The molecule has 0 aliphatic carbocycles. The first-order valence-electron chi connectivity index (χ1n) is 6.56. The number of hydrogen-bond acceptors (Lipinski definition) is 2. The van der Waals surface area contributed by atoms with Gasteiger partial charge in [-0.15, -0.1) is 0 Å². The maximum absolute atomic E-state index is 14.1. The summed E-state index contributed by atoms with van der Waals surface area (Å²) in [5.74, 6) is 0.495. The molecule has 0 heterocycles. The first kappa shape index (κ1) is 15.0. The summed E-state index contributed by atoms with van der Waals surface area (Å²) in [6.07, 6.45) is 0. The van der Waals surface area contributed by atoms with Crippen molar-refractivity contribution in [3.05, 3.63) is 58.3 Å². The molecule has 0 saturated heterocycles. The predicted molar refractivity (Wildman–Crippen MR) is 82.7 cm³/mol. The van der Waals surface area contributed by atoms with Gasteiger partial charge < -0.3 is 10.1 Å². The van der Waals surface area contributed by atoms with Gasteiger partial charge in [0.25, 0.3) is 0 Å². The molecule has 1 N–H and O–H groups in total. The fourth-order valence-corrected chi connectivity index (χ4v) is 2.19. The van der Waals surface area contributed by atoms with E-state index in [-0.39, 0.29) is 17.6 Å². The zero-order valence-electron chi connectivity index (χ0n) is 11.5. The lowest BCUT2D eigenvalue weighted by molar-refractivity contribution is 0.440. The van der Waals surface area contributed by atoms with Gasteiger partial charge in [-0.3, -0.25) is 0 Å². The number of hydrogen-bond donors (Lipinski definition) is 1. The Morgan fingerprint density at radius 3 is 2.50 bits per heavy atom. The van der Waals surface area contributed by atoms with E-state index in [1.54, 1.807) is 18.2 Å². The van der Waals surface area contributed by atoms with Gasteiger partial charge in [0.15, 0.2) is 11.6 Å². The highest BCUT2D eigenvalue weighted by molar-refractivity contribution is 9.10. The van der Waals surface area contributed by atoms with Gasteiger partial charge in [0.2, 0.25) is 0 Å². The minimum absolute atomic E-state index is 0.122. The van der Waals surface area contributed by atoms with E-state index in [0.29, 0.717) is 5.75 Å². The summed E-state index contributed by atoms with van der Waals surface area (Å²) >= 11 is 3.35. The Kier molecular flexibility index (Phi) is 5.15. The lowest BCUT2D eigenvalue weighted by atomic mass is 10.1. The van der Waals surface area contributed by atoms with Crippen molar-refractivity contribution >= 4 is 15.9 Å². The quantitative estimate of drug-likeness (QED) is 0.824. The highest BCUT2D eigenvalue weighted by atomic mass is 79.9. The normalized spacial score (nSPS) is 12.2. The highest BCUT2D eigenvalue weighted by Gasteiger charge is 2.10. The third kappa shape index (κ3) is 3.81. The van der Waals surface area contributed by atoms with E-state index in [1.807, 2.05) is 32.0 Å². The Morgan fingerprint density at radius 1 is 1.20 bits per heavy atom. The average Bonchev–Trinajstić information content (AvgIpc) is 2.43. The van der Waals surface area contributed by atoms with Crippen LogP contribution < -0.4 is 10.1 Å². The van der Waals surface area contributed by atoms with Crippen molar-refractivity contribution < 1.29 is 9.13 Å². The number of ether oxygens (including phenoxy) is 1. The fourth-order valence-electron chi connectivity index (χ4n) is 1.92. The van der Waals surface area contributed by atoms with Crippen molar-refractivity contribution in [2.75, 3.05) is 6.54 Å². The van der Waals surface area contributed by atoms with Crippen LogP contribution in [0.25, 0.3) is 0 Å². The monoisotopic (exact) mass is 337 g/mol. The van der Waals surface area contributed by atoms with Gasteiger partial charge in [0.05, 0.1) is 0 Å². The smallest absolute Gasteiger partial charge is 0.166 e. The number of nitrogens with one attached hydrogen (secondary N) is 1. The molecule has 0 aliphatic rings. The maximum Gasteiger partial charge on any atom is 0.166 e. The van der Waals surface area contributed by atoms with Crippen LogP contribution in [-0.4, -0.2) is 6.54 Å². The van der Waals surface area contributed by atoms with Gasteiger partial charge >= 0.3 is 0 Å². The van der Waals surface area contributed by atoms with Crippen LogP contribution in [0.2, 0.25) is 0 Å². The van der Waals surface area contributed by atoms with E-state index in [1.165, 1.54) is 6.07 Å². The van der Waals surface area contributed by atoms with Crippen LogP contribution in [0.5, 0.6) is 11.5 Å². The molecule has 20 heavy (non-hydrogen) atoms. The first-order valence-corrected chi connectivity index (χ1v) is 7.35. The van der Waals surface area contributed by atoms with Crippen molar-refractivity contribution in [1.82, 2.24) is 5.32 Å². The SMILES string of the molecule is CCNC(C)c1ccc(Oc2ccc(Br)cc2)c(F)c1. The Hall–Kier alpha value is -1.39. The van der Waals surface area contributed by atoms with Crippen molar-refractivity contribution in [3.8, 4) is 11.5 Å². The molecule has 0 fully saturated rings. The predicted octanol–water partition coefficient (Wildman–Crippen LogP) is 5.05. The van der Waals surface area contributed by atoms with E-state index < -0.39 is 0 Å². The van der Waals surface area contributed by atoms with Gasteiger partial charge in [0.1, 0.15) is 5.75 Å². The van der Waals surface area contributed by atoms with Gasteiger partial charge in [0, 0.05) is 10.5 Å². The summed E-state index contributed by atoms with van der Waals surface area (Å²) in [4.78, 5) is 0. The molecular weight excluding hydrogens is 321 g/mol. The summed E-state index contributed by atoms with van der Waals surface area (Å²) in [6, 6.07) is 12.5. The first-order chi connectivity index (χ1) is 9.60. The Morgan fingerprint density at radius 2 is 1.90 bits per heavy atom. The Balaban J connectivity index is 2.15. The molecule has 0 saturated carbocycles. The molecule has 0 bridgehead atoms. The summed E-state index contributed by atoms with van der Waals surface area (Å²) in [5, 5.41) is 3.25. The minimum atomic E-state index is -0.352. The number of rotatable bonds is 5. The molecular formula is C16H17BrFNO. The molecule has 4 heteroatoms. The summed E-state index contributed by atoms with van der Waals surface area (Å²) in [5.41, 5.74) is 0.910. The summed E-state index contributed by atoms with van der Waals surface area (Å²) in [6.45, 7) is 4.88. The molecule has 0 aromatic heterocycles. The van der Waals surface area contributed by atoms with Crippen LogP contribution in [0, 0.1) is 5.82 Å². The maximum atomic E-state index is 14.1. The molecule has 1 unspecified atom stereocenters. The zero-order valence-corrected chi connectivity index (χ0v) is 13.1. The fraction of sp³-hybridized carbons (Fsp3) is 0.250. The zero-order chi connectivity index (χ0) is 14.5. The molecule has 2 aromatic carbocycles. The average molecular weight is 338 g/mol. The Labute approximate surface area is 127 Å². The van der Waals surface area contributed by atoms with Gasteiger partial charge in [-0.2, -0.15) is 0 Å². The molecule has 0 radical (unpaired) electrons. The van der Waals surface area contributed by atoms with E-state index in [0.717, 1.165) is 16.6 Å². The van der Waals surface area contributed by atoms with Gasteiger partial charge in [-0.1, -0.05) is 28.9 Å². The molecule has 2 nitrogen and oxygen atoms in total. The van der Waals surface area contributed by atoms with E-state index in [4.69, 9.17) is 4.74 Å². The van der Waals surface area contributed by atoms with Crippen molar-refractivity contribution in [1.29, 1.82) is 0 Å². The molecule has 106 valence electrons. The van der Waals surface area contributed by atoms with Crippen molar-refractivity contribution in [2.45, 2.75) is 19.9 Å². The lowest BCUT2D eigenvalue weighted by Crippen LogP contribution is -2.17. The van der Waals surface area contributed by atoms with E-state index >= 15 is 0 Å². The number of halogens is 2. The summed E-state index contributed by atoms with van der Waals surface area (Å²) < 4.78 is 20.6. The molecule has 0 spiro atoms. The Bertz CT molecular complexity index is 571. The number of benzene rings is 2. The molecule has 0 amide bonds. The van der Waals surface area contributed by atoms with Crippen LogP contribution in [0.15, 0.2) is 46.9 Å². The second kappa shape index (κ2) is 6.86. The van der Waals surface area contributed by atoms with Crippen LogP contribution in [0.3, 0.4) is 0 Å². The second-order valence-electron chi connectivity index (χ2n) is 4.53. The molecule has 2 aromatic rings. The molecule has 1 atom stereocenters. The van der Waals surface area contributed by atoms with E-state index in [2.05, 4.69) is 21.2 Å². The third-order valence-corrected chi connectivity index (χ3v) is 3.54. The van der Waals surface area contributed by atoms with Crippen molar-refractivity contribution in [3.63, 3.8) is 0 Å². The third-order valence-electron chi connectivity index (χ3n) is 3.01. The van der Waals surface area contributed by atoms with Gasteiger partial charge in [-0.05, 0) is 55.4 Å². The van der Waals surface area contributed by atoms with Crippen molar-refractivity contribution in [2.24, 2.45) is 0 Å². The molecule has 2 rings (SSSR count). The van der Waals surface area contributed by atoms with E-state index in [9.17, 15) is 4.39 Å². The van der Waals surface area contributed by atoms with Crippen LogP contribution in [0.1, 0.15) is 25.5 Å². The second-order valence-corrected chi connectivity index (χ2v) is 5.44.